The molecule has 1 N–H and O–H groups in total. The molecule has 3 rings (SSSR count). The molecule has 0 aromatic carbocycles. The fourth-order valence-electron chi connectivity index (χ4n) is 6.56. The quantitative estimate of drug-likeness (QED) is 0.224. The summed E-state index contributed by atoms with van der Waals surface area (Å²) in [5.41, 5.74) is -3.02. The van der Waals surface area contributed by atoms with E-state index in [2.05, 4.69) is 13.2 Å². The summed E-state index contributed by atoms with van der Waals surface area (Å²) in [6, 6.07) is 0. The van der Waals surface area contributed by atoms with Gasteiger partial charge in [0.25, 0.3) is 0 Å². The molecule has 0 amide bonds. The third kappa shape index (κ3) is 5.50. The molecule has 10 atom stereocenters. The van der Waals surface area contributed by atoms with Crippen LogP contribution in [-0.2, 0) is 47.7 Å². The van der Waals surface area contributed by atoms with Crippen molar-refractivity contribution < 1.29 is 52.8 Å². The summed E-state index contributed by atoms with van der Waals surface area (Å²) in [5.74, 6) is -5.92. The summed E-state index contributed by atoms with van der Waals surface area (Å²) in [7, 11) is 0. The zero-order chi connectivity index (χ0) is 30.3. The van der Waals surface area contributed by atoms with E-state index in [1.165, 1.54) is 27.7 Å². The lowest BCUT2D eigenvalue weighted by Crippen LogP contribution is -2.69. The number of hydrogen-bond donors (Lipinski definition) is 1. The SMILES string of the molecule is C=C1C[C@H](OC(C)=O)[C@H](OC(C)=O)[C@@]2(C)C1[C@H](OC(C)=O)C1(O)[C@@H](C)C(=O)O[C@H]1[C@@H](Cl)C(=C)CC[C@@H]2OC(C)=O. The van der Waals surface area contributed by atoms with E-state index in [-0.39, 0.29) is 19.3 Å². The summed E-state index contributed by atoms with van der Waals surface area (Å²) >= 11 is 6.74. The predicted molar refractivity (Wildman–Crippen MR) is 140 cm³/mol. The Morgan fingerprint density at radius 2 is 1.45 bits per heavy atom. The Balaban J connectivity index is 2.41. The van der Waals surface area contributed by atoms with Gasteiger partial charge >= 0.3 is 29.8 Å². The molecular weight excluding hydrogens is 548 g/mol. The van der Waals surface area contributed by atoms with Gasteiger partial charge in [0.1, 0.15) is 24.4 Å². The van der Waals surface area contributed by atoms with Crippen LogP contribution in [0, 0.1) is 17.3 Å². The maximum absolute atomic E-state index is 12.9. The first kappa shape index (κ1) is 31.6. The lowest BCUT2D eigenvalue weighted by Gasteiger charge is -2.57. The van der Waals surface area contributed by atoms with E-state index in [4.69, 9.17) is 35.3 Å². The summed E-state index contributed by atoms with van der Waals surface area (Å²) < 4.78 is 28.6. The highest BCUT2D eigenvalue weighted by Crippen LogP contribution is 2.57. The standard InChI is InChI=1S/C28H37ClO11/c1-12-9-10-20(37-16(5)31)27(8)21(13(2)11-19(36-15(4)30)23(27)38-17(6)32)24(39-18(7)33)28(35)14(3)26(34)40-25(28)22(12)29/h14,19-25,35H,1-2,9-11H2,3-8H3/t14-,19-,20-,21?,22-,23-,24-,25-,27+,28?/m0/s1. The maximum atomic E-state index is 12.9. The molecule has 11 nitrogen and oxygen atoms in total. The van der Waals surface area contributed by atoms with E-state index in [1.807, 2.05) is 0 Å². The molecule has 2 aliphatic carbocycles. The lowest BCUT2D eigenvalue weighted by atomic mass is 9.54. The van der Waals surface area contributed by atoms with Crippen LogP contribution in [0.25, 0.3) is 0 Å². The van der Waals surface area contributed by atoms with Gasteiger partial charge in [0.2, 0.25) is 0 Å². The predicted octanol–water partition coefficient (Wildman–Crippen LogP) is 2.55. The van der Waals surface area contributed by atoms with E-state index in [0.717, 1.165) is 6.92 Å². The highest BCUT2D eigenvalue weighted by molar-refractivity contribution is 6.23. The summed E-state index contributed by atoms with van der Waals surface area (Å²) in [4.78, 5) is 62.4. The smallest absolute Gasteiger partial charge is 0.312 e. The van der Waals surface area contributed by atoms with E-state index in [0.29, 0.717) is 11.1 Å². The van der Waals surface area contributed by atoms with Crippen LogP contribution >= 0.6 is 11.6 Å². The molecule has 0 spiro atoms. The largest absolute Gasteiger partial charge is 0.462 e. The van der Waals surface area contributed by atoms with E-state index in [9.17, 15) is 29.1 Å². The van der Waals surface area contributed by atoms with Crippen molar-refractivity contribution in [3.05, 3.63) is 24.3 Å². The zero-order valence-corrected chi connectivity index (χ0v) is 24.3. The number of esters is 5. The number of carbonyl (C=O) groups excluding carboxylic acids is 5. The monoisotopic (exact) mass is 584 g/mol. The Morgan fingerprint density at radius 1 is 0.925 bits per heavy atom. The van der Waals surface area contributed by atoms with E-state index < -0.39 is 88.6 Å². The van der Waals surface area contributed by atoms with Crippen molar-refractivity contribution in [1.82, 2.24) is 0 Å². The highest BCUT2D eigenvalue weighted by atomic mass is 35.5. The van der Waals surface area contributed by atoms with Crippen LogP contribution in [-0.4, -0.2) is 76.5 Å². The highest BCUT2D eigenvalue weighted by Gasteiger charge is 2.70. The molecule has 12 heteroatoms. The second-order valence-corrected chi connectivity index (χ2v) is 11.5. The Bertz CT molecular complexity index is 1120. The third-order valence-corrected chi connectivity index (χ3v) is 8.85. The molecule has 3 aliphatic rings. The Hall–Kier alpha value is -2.92. The first-order valence-corrected chi connectivity index (χ1v) is 13.5. The number of hydrogen-bond acceptors (Lipinski definition) is 11. The lowest BCUT2D eigenvalue weighted by molar-refractivity contribution is -0.237. The third-order valence-electron chi connectivity index (χ3n) is 8.32. The molecule has 3 fully saturated rings. The number of ether oxygens (including phenoxy) is 5. The van der Waals surface area contributed by atoms with Gasteiger partial charge in [-0.2, -0.15) is 0 Å². The van der Waals surface area contributed by atoms with Gasteiger partial charge in [0, 0.05) is 40.0 Å². The number of rotatable bonds is 4. The van der Waals surface area contributed by atoms with Crippen molar-refractivity contribution in [2.75, 3.05) is 0 Å². The molecule has 222 valence electrons. The van der Waals surface area contributed by atoms with Crippen LogP contribution in [0.1, 0.15) is 60.8 Å². The van der Waals surface area contributed by atoms with Crippen LogP contribution in [0.15, 0.2) is 24.3 Å². The van der Waals surface area contributed by atoms with E-state index in [1.54, 1.807) is 6.92 Å². The summed E-state index contributed by atoms with van der Waals surface area (Å²) in [6.07, 6.45) is -6.07. The van der Waals surface area contributed by atoms with Gasteiger partial charge in [0.05, 0.1) is 16.7 Å². The van der Waals surface area contributed by atoms with Gasteiger partial charge in [-0.3, -0.25) is 24.0 Å². The molecule has 40 heavy (non-hydrogen) atoms. The van der Waals surface area contributed by atoms with Crippen LogP contribution in [0.5, 0.6) is 0 Å². The van der Waals surface area contributed by atoms with Gasteiger partial charge in [0.15, 0.2) is 11.7 Å². The van der Waals surface area contributed by atoms with Crippen LogP contribution in [0.2, 0.25) is 0 Å². The number of fused-ring (bicyclic) bond motifs is 2. The Morgan fingerprint density at radius 3 is 1.98 bits per heavy atom. The fraction of sp³-hybridized carbons (Fsp3) is 0.679. The minimum atomic E-state index is -2.21. The molecule has 0 radical (unpaired) electrons. The van der Waals surface area contributed by atoms with Gasteiger partial charge < -0.3 is 28.8 Å². The first-order valence-electron chi connectivity index (χ1n) is 13.1. The summed E-state index contributed by atoms with van der Waals surface area (Å²) in [5, 5.41) is 11.3. The molecule has 2 unspecified atom stereocenters. The molecule has 0 aromatic heterocycles. The molecule has 1 saturated heterocycles. The molecule has 0 aromatic rings. The Labute approximate surface area is 238 Å². The van der Waals surface area contributed by atoms with Gasteiger partial charge in [-0.05, 0) is 19.8 Å². The van der Waals surface area contributed by atoms with Gasteiger partial charge in [-0.1, -0.05) is 31.2 Å². The van der Waals surface area contributed by atoms with Crippen molar-refractivity contribution in [2.24, 2.45) is 17.3 Å². The van der Waals surface area contributed by atoms with Crippen LogP contribution in [0.3, 0.4) is 0 Å². The van der Waals surface area contributed by atoms with Crippen LogP contribution in [0.4, 0.5) is 0 Å². The van der Waals surface area contributed by atoms with Crippen molar-refractivity contribution in [2.45, 2.75) is 102 Å². The average molecular weight is 585 g/mol. The number of aliphatic hydroxyl groups is 1. The number of carbonyl (C=O) groups is 5. The molecule has 1 heterocycles. The number of alkyl halides is 1. The Kier molecular flexibility index (Phi) is 9.10. The first-order chi connectivity index (χ1) is 18.5. The maximum Gasteiger partial charge on any atom is 0.312 e. The van der Waals surface area contributed by atoms with Crippen molar-refractivity contribution in [3.63, 3.8) is 0 Å². The minimum absolute atomic E-state index is 0.0523. The van der Waals surface area contributed by atoms with Crippen molar-refractivity contribution in [3.8, 4) is 0 Å². The van der Waals surface area contributed by atoms with Crippen LogP contribution < -0.4 is 0 Å². The normalized spacial score (nSPS) is 39.6. The topological polar surface area (TPSA) is 152 Å². The molecule has 0 bridgehead atoms. The minimum Gasteiger partial charge on any atom is -0.462 e. The van der Waals surface area contributed by atoms with E-state index >= 15 is 0 Å². The molecule has 2 saturated carbocycles. The fourth-order valence-corrected chi connectivity index (χ4v) is 6.93. The second kappa shape index (κ2) is 11.5. The second-order valence-electron chi connectivity index (χ2n) is 11.1. The van der Waals surface area contributed by atoms with Gasteiger partial charge in [-0.25, -0.2) is 0 Å². The summed E-state index contributed by atoms with van der Waals surface area (Å²) in [6.45, 7) is 16.0. The molecule has 1 aliphatic heterocycles. The van der Waals surface area contributed by atoms with Gasteiger partial charge in [-0.15, -0.1) is 11.6 Å². The number of halogens is 1. The zero-order valence-electron chi connectivity index (χ0n) is 23.6. The van der Waals surface area contributed by atoms with Crippen molar-refractivity contribution in [1.29, 1.82) is 0 Å². The van der Waals surface area contributed by atoms with Crippen molar-refractivity contribution >= 4 is 41.4 Å². The molecular formula is C28H37ClO11. The average Bonchev–Trinajstić information content (AvgIpc) is 3.06.